The van der Waals surface area contributed by atoms with E-state index in [0.29, 0.717) is 0 Å². The Labute approximate surface area is 162 Å². The van der Waals surface area contributed by atoms with Crippen LogP contribution in [-0.2, 0) is 0 Å². The maximum absolute atomic E-state index is 2.29. The van der Waals surface area contributed by atoms with Gasteiger partial charge in [-0.05, 0) is 54.4 Å². The molecule has 4 rings (SSSR count). The maximum atomic E-state index is 2.29. The lowest BCUT2D eigenvalue weighted by atomic mass is 9.96. The van der Waals surface area contributed by atoms with Crippen molar-refractivity contribution < 1.29 is 0 Å². The molecule has 0 atom stereocenters. The van der Waals surface area contributed by atoms with Crippen LogP contribution in [0.25, 0.3) is 11.1 Å². The Bertz CT molecular complexity index is 1000. The van der Waals surface area contributed by atoms with Gasteiger partial charge in [-0.3, -0.25) is 0 Å². The molecule has 0 fully saturated rings. The molecule has 0 amide bonds. The lowest BCUT2D eigenvalue weighted by Gasteiger charge is -2.25. The van der Waals surface area contributed by atoms with Crippen LogP contribution in [-0.4, -0.2) is 7.85 Å². The highest BCUT2D eigenvalue weighted by Gasteiger charge is 2.12. The zero-order chi connectivity index (χ0) is 18.6. The number of anilines is 3. The van der Waals surface area contributed by atoms with E-state index in [4.69, 9.17) is 0 Å². The van der Waals surface area contributed by atoms with Crippen LogP contribution in [0.1, 0.15) is 5.56 Å². The average Bonchev–Trinajstić information content (AvgIpc) is 2.72. The highest BCUT2D eigenvalue weighted by molar-refractivity contribution is 6.32. The van der Waals surface area contributed by atoms with Gasteiger partial charge in [-0.25, -0.2) is 0 Å². The Morgan fingerprint density at radius 2 is 0.963 bits per heavy atom. The normalized spacial score (nSPS) is 10.6. The van der Waals surface area contributed by atoms with E-state index in [0.717, 1.165) is 17.1 Å². The van der Waals surface area contributed by atoms with Gasteiger partial charge < -0.3 is 4.90 Å². The van der Waals surface area contributed by atoms with Crippen LogP contribution in [0.3, 0.4) is 0 Å². The van der Waals surface area contributed by atoms with Crippen molar-refractivity contribution in [3.63, 3.8) is 0 Å². The van der Waals surface area contributed by atoms with Crippen molar-refractivity contribution in [3.8, 4) is 11.1 Å². The fraction of sp³-hybridized carbons (Fsp3) is 0.0400. The van der Waals surface area contributed by atoms with Gasteiger partial charge in [0.15, 0.2) is 0 Å². The zero-order valence-corrected chi connectivity index (χ0v) is 15.8. The number of rotatable bonds is 4. The summed E-state index contributed by atoms with van der Waals surface area (Å²) >= 11 is 0. The first-order chi connectivity index (χ1) is 13.2. The summed E-state index contributed by atoms with van der Waals surface area (Å²) in [5.41, 5.74) is 8.50. The Morgan fingerprint density at radius 3 is 1.52 bits per heavy atom. The Hall–Kier alpha value is -3.26. The predicted octanol–water partition coefficient (Wildman–Crippen LogP) is 5.39. The van der Waals surface area contributed by atoms with E-state index in [9.17, 15) is 0 Å². The SMILES string of the molecule is Bc1ccc(N(c2ccccc2)c2ccc(-c3ccc(C)cc3)cc2)cc1. The molecule has 0 spiro atoms. The van der Waals surface area contributed by atoms with Crippen molar-refractivity contribution in [2.24, 2.45) is 0 Å². The van der Waals surface area contributed by atoms with Gasteiger partial charge in [-0.15, -0.1) is 0 Å². The van der Waals surface area contributed by atoms with E-state index in [1.54, 1.807) is 0 Å². The Balaban J connectivity index is 1.74. The molecule has 2 heteroatoms. The highest BCUT2D eigenvalue weighted by Crippen LogP contribution is 2.35. The number of nitrogens with zero attached hydrogens (tertiary/aromatic N) is 1. The lowest BCUT2D eigenvalue weighted by molar-refractivity contribution is 1.29. The summed E-state index contributed by atoms with van der Waals surface area (Å²) in [6, 6.07) is 36.6. The molecule has 0 radical (unpaired) electrons. The molecule has 0 unspecified atom stereocenters. The van der Waals surface area contributed by atoms with Crippen molar-refractivity contribution in [3.05, 3.63) is 109 Å². The predicted molar refractivity (Wildman–Crippen MR) is 119 cm³/mol. The monoisotopic (exact) mass is 347 g/mol. The molecule has 130 valence electrons. The molecule has 0 saturated carbocycles. The minimum absolute atomic E-state index is 1.15. The van der Waals surface area contributed by atoms with Crippen LogP contribution < -0.4 is 10.4 Å². The summed E-state index contributed by atoms with van der Waals surface area (Å²) in [7, 11) is 2.12. The van der Waals surface area contributed by atoms with Crippen LogP contribution in [0, 0.1) is 6.92 Å². The third-order valence-corrected chi connectivity index (χ3v) is 4.82. The molecule has 1 nitrogen and oxygen atoms in total. The third-order valence-electron chi connectivity index (χ3n) is 4.82. The molecule has 4 aromatic rings. The number of benzene rings is 4. The molecular formula is C25H22BN. The van der Waals surface area contributed by atoms with Crippen LogP contribution >= 0.6 is 0 Å². The standard InChI is InChI=1S/C25H22BN/c1-19-7-9-20(10-8-19)21-11-15-24(16-12-21)27(23-5-3-2-4-6-23)25-17-13-22(26)14-18-25/h2-18H,26H2,1H3. The average molecular weight is 347 g/mol. The fourth-order valence-corrected chi connectivity index (χ4v) is 3.27. The van der Waals surface area contributed by atoms with E-state index in [2.05, 4.69) is 123 Å². The molecular weight excluding hydrogens is 325 g/mol. The number of aryl methyl sites for hydroxylation is 1. The van der Waals surface area contributed by atoms with E-state index in [1.807, 2.05) is 0 Å². The van der Waals surface area contributed by atoms with E-state index < -0.39 is 0 Å². The van der Waals surface area contributed by atoms with Crippen LogP contribution in [0.2, 0.25) is 0 Å². The van der Waals surface area contributed by atoms with Gasteiger partial charge in [-0.1, -0.05) is 77.8 Å². The molecule has 0 bridgehead atoms. The lowest BCUT2D eigenvalue weighted by Crippen LogP contribution is -2.11. The maximum Gasteiger partial charge on any atom is 0.139 e. The first-order valence-corrected chi connectivity index (χ1v) is 9.30. The molecule has 4 aromatic carbocycles. The fourth-order valence-electron chi connectivity index (χ4n) is 3.27. The molecule has 0 aliphatic carbocycles. The van der Waals surface area contributed by atoms with Gasteiger partial charge in [0.1, 0.15) is 7.85 Å². The van der Waals surface area contributed by atoms with Crippen molar-refractivity contribution in [1.29, 1.82) is 0 Å². The highest BCUT2D eigenvalue weighted by atomic mass is 15.1. The molecule has 0 heterocycles. The molecule has 27 heavy (non-hydrogen) atoms. The second-order valence-electron chi connectivity index (χ2n) is 6.92. The van der Waals surface area contributed by atoms with Gasteiger partial charge in [0.05, 0.1) is 0 Å². The quantitative estimate of drug-likeness (QED) is 0.448. The molecule has 0 aliphatic rings. The second kappa shape index (κ2) is 7.55. The number of hydrogen-bond acceptors (Lipinski definition) is 1. The summed E-state index contributed by atoms with van der Waals surface area (Å²) in [6.45, 7) is 2.12. The number of para-hydroxylation sites is 1. The number of hydrogen-bond donors (Lipinski definition) is 0. The largest absolute Gasteiger partial charge is 0.311 e. The van der Waals surface area contributed by atoms with Crippen LogP contribution in [0.5, 0.6) is 0 Å². The van der Waals surface area contributed by atoms with Crippen molar-refractivity contribution in [1.82, 2.24) is 0 Å². The van der Waals surface area contributed by atoms with Gasteiger partial charge in [-0.2, -0.15) is 0 Å². The van der Waals surface area contributed by atoms with Crippen LogP contribution in [0.4, 0.5) is 17.1 Å². The van der Waals surface area contributed by atoms with Gasteiger partial charge in [0.2, 0.25) is 0 Å². The summed E-state index contributed by atoms with van der Waals surface area (Å²) in [5.74, 6) is 0. The zero-order valence-electron chi connectivity index (χ0n) is 15.8. The van der Waals surface area contributed by atoms with E-state index in [-0.39, 0.29) is 0 Å². The Kier molecular flexibility index (Phi) is 4.80. The van der Waals surface area contributed by atoms with Crippen molar-refractivity contribution in [2.75, 3.05) is 4.90 Å². The van der Waals surface area contributed by atoms with Gasteiger partial charge >= 0.3 is 0 Å². The van der Waals surface area contributed by atoms with E-state index >= 15 is 0 Å². The van der Waals surface area contributed by atoms with Crippen LogP contribution in [0.15, 0.2) is 103 Å². The first kappa shape index (κ1) is 17.2. The molecule has 0 saturated heterocycles. The van der Waals surface area contributed by atoms with E-state index in [1.165, 1.54) is 22.2 Å². The summed E-state index contributed by atoms with van der Waals surface area (Å²) in [6.07, 6.45) is 0. The topological polar surface area (TPSA) is 3.24 Å². The second-order valence-corrected chi connectivity index (χ2v) is 6.92. The summed E-state index contributed by atoms with van der Waals surface area (Å²) in [5, 5.41) is 0. The smallest absolute Gasteiger partial charge is 0.139 e. The summed E-state index contributed by atoms with van der Waals surface area (Å²) in [4.78, 5) is 2.29. The minimum atomic E-state index is 1.15. The first-order valence-electron chi connectivity index (χ1n) is 9.30. The molecule has 0 aliphatic heterocycles. The summed E-state index contributed by atoms with van der Waals surface area (Å²) < 4.78 is 0. The third kappa shape index (κ3) is 3.80. The van der Waals surface area contributed by atoms with Crippen molar-refractivity contribution in [2.45, 2.75) is 6.92 Å². The van der Waals surface area contributed by atoms with Crippen molar-refractivity contribution >= 4 is 30.4 Å². The van der Waals surface area contributed by atoms with Gasteiger partial charge in [0, 0.05) is 17.1 Å². The molecule has 0 N–H and O–H groups in total. The molecule has 0 aromatic heterocycles. The minimum Gasteiger partial charge on any atom is -0.311 e. The van der Waals surface area contributed by atoms with Gasteiger partial charge in [0.25, 0.3) is 0 Å². The Morgan fingerprint density at radius 1 is 0.519 bits per heavy atom.